The summed E-state index contributed by atoms with van der Waals surface area (Å²) in [5.41, 5.74) is 2.15. The molecule has 0 aromatic rings. The van der Waals surface area contributed by atoms with Crippen LogP contribution < -0.4 is 5.73 Å². The molecular formula is C9H15F3N2O. The second kappa shape index (κ2) is 4.65. The molecule has 1 atom stereocenters. The first kappa shape index (κ1) is 14.0. The van der Waals surface area contributed by atoms with Crippen molar-refractivity contribution < 1.29 is 18.0 Å². The first-order valence-electron chi connectivity index (χ1n) is 4.44. The number of likely N-dealkylation sites (N-methyl/N-ethyl adjacent to an activating group) is 1. The summed E-state index contributed by atoms with van der Waals surface area (Å²) in [6.07, 6.45) is -3.40. The summed E-state index contributed by atoms with van der Waals surface area (Å²) in [5, 5.41) is 0. The van der Waals surface area contributed by atoms with Crippen LogP contribution in [-0.4, -0.2) is 35.6 Å². The number of carbonyl (C=O) groups is 1. The van der Waals surface area contributed by atoms with Gasteiger partial charge in [-0.3, -0.25) is 4.79 Å². The molecule has 0 radical (unpaired) electrons. The fourth-order valence-corrected chi connectivity index (χ4v) is 0.961. The lowest BCUT2D eigenvalue weighted by Gasteiger charge is -2.31. The Morgan fingerprint density at radius 1 is 1.53 bits per heavy atom. The minimum absolute atomic E-state index is 0.0538. The Balaban J connectivity index is 4.89. The summed E-state index contributed by atoms with van der Waals surface area (Å²) in [6.45, 7) is 5.82. The van der Waals surface area contributed by atoms with Crippen LogP contribution in [0, 0.1) is 0 Å². The van der Waals surface area contributed by atoms with Gasteiger partial charge in [0.1, 0.15) is 0 Å². The van der Waals surface area contributed by atoms with E-state index in [0.717, 1.165) is 4.90 Å². The van der Waals surface area contributed by atoms with E-state index in [4.69, 9.17) is 5.73 Å². The molecule has 0 aromatic carbocycles. The topological polar surface area (TPSA) is 46.3 Å². The van der Waals surface area contributed by atoms with Crippen molar-refractivity contribution in [3.8, 4) is 0 Å². The molecule has 0 saturated carbocycles. The summed E-state index contributed by atoms with van der Waals surface area (Å²) in [7, 11) is 0. The average molecular weight is 224 g/mol. The van der Waals surface area contributed by atoms with Gasteiger partial charge in [-0.25, -0.2) is 0 Å². The summed E-state index contributed by atoms with van der Waals surface area (Å²) in [4.78, 5) is 12.5. The molecule has 3 nitrogen and oxygen atoms in total. The maximum absolute atomic E-state index is 12.4. The van der Waals surface area contributed by atoms with E-state index in [1.54, 1.807) is 6.92 Å². The van der Waals surface area contributed by atoms with Gasteiger partial charge in [0.25, 0.3) is 5.91 Å². The van der Waals surface area contributed by atoms with Gasteiger partial charge in [-0.1, -0.05) is 6.08 Å². The largest absolute Gasteiger partial charge is 0.415 e. The highest BCUT2D eigenvalue weighted by Crippen LogP contribution is 2.29. The molecule has 0 spiro atoms. The number of rotatable bonds is 4. The third kappa shape index (κ3) is 2.95. The molecule has 2 N–H and O–H groups in total. The molecule has 0 saturated heterocycles. The van der Waals surface area contributed by atoms with Crippen LogP contribution in [-0.2, 0) is 4.79 Å². The first-order valence-corrected chi connectivity index (χ1v) is 4.44. The van der Waals surface area contributed by atoms with Gasteiger partial charge in [0, 0.05) is 13.1 Å². The third-order valence-corrected chi connectivity index (χ3v) is 2.05. The number of amides is 1. The summed E-state index contributed by atoms with van der Waals surface area (Å²) in [5.74, 6) is -1.14. The van der Waals surface area contributed by atoms with E-state index in [2.05, 4.69) is 6.58 Å². The monoisotopic (exact) mass is 224 g/mol. The lowest BCUT2D eigenvalue weighted by atomic mass is 10.0. The molecule has 0 bridgehead atoms. The van der Waals surface area contributed by atoms with E-state index in [0.29, 0.717) is 6.92 Å². The Kier molecular flexibility index (Phi) is 4.33. The first-order chi connectivity index (χ1) is 6.68. The van der Waals surface area contributed by atoms with Gasteiger partial charge in [-0.05, 0) is 13.8 Å². The molecule has 0 aliphatic heterocycles. The van der Waals surface area contributed by atoms with Gasteiger partial charge in [0.2, 0.25) is 0 Å². The molecule has 0 fully saturated rings. The number of hydrogen-bond acceptors (Lipinski definition) is 2. The SMILES string of the molecule is C=CCN(CC)C(=O)C(C)(N)C(F)(F)F. The van der Waals surface area contributed by atoms with E-state index >= 15 is 0 Å². The highest BCUT2D eigenvalue weighted by molar-refractivity contribution is 5.86. The fourth-order valence-electron chi connectivity index (χ4n) is 0.961. The lowest BCUT2D eigenvalue weighted by Crippen LogP contribution is -2.62. The standard InChI is InChI=1S/C9H15F3N2O/c1-4-6-14(5-2)7(15)8(3,13)9(10,11)12/h4H,1,5-6,13H2,2-3H3. The zero-order valence-electron chi connectivity index (χ0n) is 8.77. The molecular weight excluding hydrogens is 209 g/mol. The quantitative estimate of drug-likeness (QED) is 0.731. The molecule has 15 heavy (non-hydrogen) atoms. The summed E-state index contributed by atoms with van der Waals surface area (Å²) in [6, 6.07) is 0. The number of carbonyl (C=O) groups excluding carboxylic acids is 1. The van der Waals surface area contributed by atoms with E-state index in [1.165, 1.54) is 6.08 Å². The van der Waals surface area contributed by atoms with Gasteiger partial charge in [-0.2, -0.15) is 13.2 Å². The Morgan fingerprint density at radius 2 is 2.00 bits per heavy atom. The van der Waals surface area contributed by atoms with Crippen LogP contribution in [0.4, 0.5) is 13.2 Å². The van der Waals surface area contributed by atoms with Crippen molar-refractivity contribution in [3.63, 3.8) is 0 Å². The molecule has 1 unspecified atom stereocenters. The fraction of sp³-hybridized carbons (Fsp3) is 0.667. The van der Waals surface area contributed by atoms with Crippen LogP contribution >= 0.6 is 0 Å². The minimum Gasteiger partial charge on any atom is -0.337 e. The summed E-state index contributed by atoms with van der Waals surface area (Å²) < 4.78 is 37.3. The molecule has 0 heterocycles. The van der Waals surface area contributed by atoms with Gasteiger partial charge in [0.15, 0.2) is 5.54 Å². The smallest absolute Gasteiger partial charge is 0.337 e. The Labute approximate surface area is 86.7 Å². The predicted octanol–water partition coefficient (Wildman–Crippen LogP) is 1.30. The summed E-state index contributed by atoms with van der Waals surface area (Å²) >= 11 is 0. The zero-order valence-corrected chi connectivity index (χ0v) is 8.77. The lowest BCUT2D eigenvalue weighted by molar-refractivity contribution is -0.193. The number of alkyl halides is 3. The number of hydrogen-bond donors (Lipinski definition) is 1. The normalized spacial score (nSPS) is 15.6. The Hall–Kier alpha value is -1.04. The van der Waals surface area contributed by atoms with Crippen molar-refractivity contribution in [1.82, 2.24) is 4.90 Å². The van der Waals surface area contributed by atoms with Crippen molar-refractivity contribution in [2.45, 2.75) is 25.6 Å². The van der Waals surface area contributed by atoms with Gasteiger partial charge < -0.3 is 10.6 Å². The molecule has 0 rings (SSSR count). The van der Waals surface area contributed by atoms with Crippen molar-refractivity contribution in [1.29, 1.82) is 0 Å². The minimum atomic E-state index is -4.75. The highest BCUT2D eigenvalue weighted by atomic mass is 19.4. The third-order valence-electron chi connectivity index (χ3n) is 2.05. The zero-order chi connectivity index (χ0) is 12.3. The number of nitrogens with two attached hydrogens (primary N) is 1. The van der Waals surface area contributed by atoms with Crippen molar-refractivity contribution in [2.24, 2.45) is 5.73 Å². The van der Waals surface area contributed by atoms with Crippen LogP contribution in [0.25, 0.3) is 0 Å². The number of halogens is 3. The van der Waals surface area contributed by atoms with Crippen molar-refractivity contribution in [3.05, 3.63) is 12.7 Å². The number of nitrogens with zero attached hydrogens (tertiary/aromatic N) is 1. The van der Waals surface area contributed by atoms with E-state index < -0.39 is 17.6 Å². The second-order valence-electron chi connectivity index (χ2n) is 3.33. The van der Waals surface area contributed by atoms with E-state index in [1.807, 2.05) is 0 Å². The van der Waals surface area contributed by atoms with Crippen LogP contribution in [0.5, 0.6) is 0 Å². The van der Waals surface area contributed by atoms with Crippen LogP contribution in [0.3, 0.4) is 0 Å². The van der Waals surface area contributed by atoms with Crippen LogP contribution in [0.15, 0.2) is 12.7 Å². The van der Waals surface area contributed by atoms with E-state index in [-0.39, 0.29) is 13.1 Å². The molecule has 0 aliphatic carbocycles. The molecule has 6 heteroatoms. The molecule has 0 aromatic heterocycles. The van der Waals surface area contributed by atoms with Gasteiger partial charge in [-0.15, -0.1) is 6.58 Å². The van der Waals surface area contributed by atoms with Crippen molar-refractivity contribution in [2.75, 3.05) is 13.1 Å². The maximum Gasteiger partial charge on any atom is 0.415 e. The molecule has 0 aliphatic rings. The highest BCUT2D eigenvalue weighted by Gasteiger charge is 2.55. The van der Waals surface area contributed by atoms with Gasteiger partial charge >= 0.3 is 6.18 Å². The van der Waals surface area contributed by atoms with Gasteiger partial charge in [0.05, 0.1) is 0 Å². The van der Waals surface area contributed by atoms with Crippen LogP contribution in [0.2, 0.25) is 0 Å². The Morgan fingerprint density at radius 3 is 2.27 bits per heavy atom. The van der Waals surface area contributed by atoms with Crippen LogP contribution in [0.1, 0.15) is 13.8 Å². The maximum atomic E-state index is 12.4. The molecule has 1 amide bonds. The predicted molar refractivity (Wildman–Crippen MR) is 51.1 cm³/mol. The van der Waals surface area contributed by atoms with Crippen molar-refractivity contribution >= 4 is 5.91 Å². The second-order valence-corrected chi connectivity index (χ2v) is 3.33. The molecule has 88 valence electrons. The Bertz CT molecular complexity index is 248. The average Bonchev–Trinajstić information content (AvgIpc) is 2.11. The van der Waals surface area contributed by atoms with E-state index in [9.17, 15) is 18.0 Å².